The first-order chi connectivity index (χ1) is 24.0. The Morgan fingerprint density at radius 1 is 0.900 bits per heavy atom. The maximum absolute atomic E-state index is 13.8. The number of unbranched alkanes of at least 4 members (excludes halogenated alkanes) is 4. The highest BCUT2D eigenvalue weighted by Gasteiger charge is 2.35. The molecule has 5 rings (SSSR count). The van der Waals surface area contributed by atoms with Gasteiger partial charge in [-0.2, -0.15) is 0 Å². The number of nitrogens with zero attached hydrogens (tertiary/aromatic N) is 3. The third kappa shape index (κ3) is 9.87. The van der Waals surface area contributed by atoms with Gasteiger partial charge in [-0.15, -0.1) is 11.3 Å². The van der Waals surface area contributed by atoms with Crippen molar-refractivity contribution in [3.05, 3.63) is 88.4 Å². The van der Waals surface area contributed by atoms with Crippen LogP contribution < -0.4 is 4.74 Å². The van der Waals surface area contributed by atoms with Gasteiger partial charge in [0.1, 0.15) is 5.75 Å². The Labute approximate surface area is 299 Å². The predicted octanol–water partition coefficient (Wildman–Crippen LogP) is 8.88. The first-order valence-electron chi connectivity index (χ1n) is 17.8. The van der Waals surface area contributed by atoms with Crippen LogP contribution in [0.3, 0.4) is 0 Å². The van der Waals surface area contributed by atoms with Crippen LogP contribution in [0.15, 0.2) is 73.1 Å². The Bertz CT molecular complexity index is 1730. The summed E-state index contributed by atoms with van der Waals surface area (Å²) in [5.74, 6) is -0.840. The third-order valence-electron chi connectivity index (χ3n) is 9.30. The molecule has 0 spiro atoms. The fraction of sp³-hybridized carbons (Fsp3) is 0.439. The van der Waals surface area contributed by atoms with Gasteiger partial charge in [0.2, 0.25) is 5.91 Å². The maximum atomic E-state index is 13.8. The monoisotopic (exact) mass is 695 g/mol. The van der Waals surface area contributed by atoms with Crippen molar-refractivity contribution in [2.75, 3.05) is 19.7 Å². The zero-order chi connectivity index (χ0) is 35.7. The lowest BCUT2D eigenvalue weighted by Crippen LogP contribution is -2.37. The Kier molecular flexibility index (Phi) is 12.6. The molecule has 0 aliphatic carbocycles. The van der Waals surface area contributed by atoms with Gasteiger partial charge < -0.3 is 14.7 Å². The molecule has 1 saturated heterocycles. The van der Waals surface area contributed by atoms with Crippen LogP contribution in [0.2, 0.25) is 0 Å². The summed E-state index contributed by atoms with van der Waals surface area (Å²) in [6.45, 7) is 9.84. The fourth-order valence-corrected chi connectivity index (χ4v) is 7.23. The number of ketones is 1. The van der Waals surface area contributed by atoms with Gasteiger partial charge in [0.25, 0.3) is 0 Å². The minimum Gasteiger partial charge on any atom is -0.494 e. The quantitative estimate of drug-likeness (QED) is 0.0921. The van der Waals surface area contributed by atoms with Gasteiger partial charge in [0.05, 0.1) is 17.4 Å². The fourth-order valence-electron chi connectivity index (χ4n) is 6.22. The van der Waals surface area contributed by atoms with Crippen LogP contribution in [0.5, 0.6) is 5.75 Å². The van der Waals surface area contributed by atoms with Gasteiger partial charge in [0.15, 0.2) is 11.6 Å². The molecule has 1 amide bonds. The second kappa shape index (κ2) is 17.0. The number of carbonyl (C=O) groups excluding carboxylic acids is 2. The minimum atomic E-state index is -0.890. The summed E-state index contributed by atoms with van der Waals surface area (Å²) in [5, 5.41) is 9.50. The van der Waals surface area contributed by atoms with Crippen molar-refractivity contribution in [1.82, 2.24) is 14.9 Å². The number of thiophene rings is 1. The van der Waals surface area contributed by atoms with Gasteiger partial charge in [-0.25, -0.2) is 9.97 Å². The van der Waals surface area contributed by atoms with Crippen LogP contribution >= 0.6 is 11.3 Å². The summed E-state index contributed by atoms with van der Waals surface area (Å²) < 4.78 is 5.90. The van der Waals surface area contributed by atoms with Crippen molar-refractivity contribution in [3.63, 3.8) is 0 Å². The van der Waals surface area contributed by atoms with E-state index in [1.165, 1.54) is 37.0 Å². The zero-order valence-corrected chi connectivity index (χ0v) is 30.5. The Morgan fingerprint density at radius 2 is 1.58 bits per heavy atom. The van der Waals surface area contributed by atoms with E-state index in [2.05, 4.69) is 37.7 Å². The van der Waals surface area contributed by atoms with Crippen LogP contribution in [-0.4, -0.2) is 57.3 Å². The number of hydrogen-bond acceptors (Lipinski definition) is 7. The Morgan fingerprint density at radius 3 is 2.20 bits per heavy atom. The highest BCUT2D eigenvalue weighted by molar-refractivity contribution is 7.14. The van der Waals surface area contributed by atoms with Crippen molar-refractivity contribution in [2.45, 2.75) is 84.5 Å². The minimum absolute atomic E-state index is 0.0651. The lowest BCUT2D eigenvalue weighted by atomic mass is 9.92. The molecule has 1 aliphatic heterocycles. The summed E-state index contributed by atoms with van der Waals surface area (Å²) in [7, 11) is 0. The van der Waals surface area contributed by atoms with Gasteiger partial charge in [-0.3, -0.25) is 14.4 Å². The van der Waals surface area contributed by atoms with Crippen LogP contribution in [0.4, 0.5) is 0 Å². The van der Waals surface area contributed by atoms with Crippen LogP contribution in [0.1, 0.15) is 92.8 Å². The van der Waals surface area contributed by atoms with Crippen LogP contribution in [0, 0.1) is 11.8 Å². The third-order valence-corrected chi connectivity index (χ3v) is 10.9. The number of carboxylic acid groups (broad SMARTS) is 1. The number of ether oxygens (including phenoxy) is 1. The van der Waals surface area contributed by atoms with Crippen molar-refractivity contribution < 1.29 is 24.2 Å². The molecule has 2 aromatic heterocycles. The molecule has 2 atom stereocenters. The van der Waals surface area contributed by atoms with Crippen LogP contribution in [0.25, 0.3) is 22.5 Å². The lowest BCUT2D eigenvalue weighted by molar-refractivity contribution is -0.141. The molecule has 4 aromatic rings. The molecule has 0 unspecified atom stereocenters. The molecular weight excluding hydrogens is 647 g/mol. The molecule has 1 fully saturated rings. The molecule has 3 heterocycles. The van der Waals surface area contributed by atoms with Crippen LogP contribution in [-0.2, 0) is 21.4 Å². The molecule has 0 radical (unpaired) electrons. The second-order valence-corrected chi connectivity index (χ2v) is 15.4. The van der Waals surface area contributed by atoms with Crippen molar-refractivity contribution >= 4 is 29.0 Å². The number of carbonyl (C=O) groups is 3. The molecule has 9 heteroatoms. The number of Topliss-reactive ketones (excluding diaryl/α,β-unsaturated/α-hetero) is 1. The Balaban J connectivity index is 1.23. The van der Waals surface area contributed by atoms with E-state index >= 15 is 0 Å². The van der Waals surface area contributed by atoms with Gasteiger partial charge in [-0.05, 0) is 60.1 Å². The predicted molar refractivity (Wildman–Crippen MR) is 199 cm³/mol. The van der Waals surface area contributed by atoms with Crippen molar-refractivity contribution in [2.24, 2.45) is 11.8 Å². The zero-order valence-electron chi connectivity index (χ0n) is 29.7. The van der Waals surface area contributed by atoms with E-state index in [1.807, 2.05) is 73.1 Å². The number of rotatable bonds is 16. The standard InChI is InChI=1S/C41H49N3O5S/c1-5-6-7-8-9-22-49-34-16-14-29(15-17-34)33-25-42-38(43-26-33)30-12-10-28(11-13-30)23-32(39(46)44-21-20-31(27-44)40(47)48)24-35(45)36-18-19-37(50-36)41(2,3)4/h10-19,25-26,31-32H,5-9,20-24,27H2,1-4H3,(H,47,48)/t31-,32+/m0/s1. The topological polar surface area (TPSA) is 110 Å². The number of likely N-dealkylation sites (tertiary alicyclic amines) is 1. The summed E-state index contributed by atoms with van der Waals surface area (Å²) in [6.07, 6.45) is 10.5. The number of carboxylic acids is 1. The van der Waals surface area contributed by atoms with Gasteiger partial charge >= 0.3 is 5.97 Å². The van der Waals surface area contributed by atoms with E-state index in [0.29, 0.717) is 30.1 Å². The summed E-state index contributed by atoms with van der Waals surface area (Å²) >= 11 is 1.48. The molecule has 8 nitrogen and oxygen atoms in total. The molecule has 1 aliphatic rings. The van der Waals surface area contributed by atoms with E-state index in [0.717, 1.165) is 45.9 Å². The molecule has 2 aromatic carbocycles. The first-order valence-corrected chi connectivity index (χ1v) is 18.6. The number of aliphatic carboxylic acids is 1. The van der Waals surface area contributed by atoms with E-state index < -0.39 is 17.8 Å². The average Bonchev–Trinajstić information content (AvgIpc) is 3.82. The number of aromatic nitrogens is 2. The Hall–Kier alpha value is -4.37. The summed E-state index contributed by atoms with van der Waals surface area (Å²) in [6, 6.07) is 19.6. The molecule has 0 bridgehead atoms. The average molecular weight is 696 g/mol. The molecule has 50 heavy (non-hydrogen) atoms. The van der Waals surface area contributed by atoms with E-state index in [-0.39, 0.29) is 30.1 Å². The largest absolute Gasteiger partial charge is 0.494 e. The molecule has 0 saturated carbocycles. The lowest BCUT2D eigenvalue weighted by Gasteiger charge is -2.23. The van der Waals surface area contributed by atoms with E-state index in [9.17, 15) is 19.5 Å². The normalized spacial score (nSPS) is 15.2. The first kappa shape index (κ1) is 36.9. The summed E-state index contributed by atoms with van der Waals surface area (Å²) in [5.41, 5.74) is 3.61. The molecular formula is C41H49N3O5S. The van der Waals surface area contributed by atoms with Crippen molar-refractivity contribution in [3.8, 4) is 28.3 Å². The smallest absolute Gasteiger partial charge is 0.308 e. The molecule has 1 N–H and O–H groups in total. The highest BCUT2D eigenvalue weighted by Crippen LogP contribution is 2.32. The van der Waals surface area contributed by atoms with Crippen molar-refractivity contribution in [1.29, 1.82) is 0 Å². The summed E-state index contributed by atoms with van der Waals surface area (Å²) in [4.78, 5) is 51.4. The number of hydrogen-bond donors (Lipinski definition) is 1. The molecule has 264 valence electrons. The highest BCUT2D eigenvalue weighted by atomic mass is 32.1. The van der Waals surface area contributed by atoms with Gasteiger partial charge in [-0.1, -0.05) is 89.8 Å². The SMILES string of the molecule is CCCCCCCOc1ccc(-c2cnc(-c3ccc(C[C@H](CC(=O)c4ccc(C(C)(C)C)s4)C(=O)N4CC[C@H](C(=O)O)C4)cc3)nc2)cc1. The van der Waals surface area contributed by atoms with E-state index in [1.54, 1.807) is 4.90 Å². The maximum Gasteiger partial charge on any atom is 0.308 e. The van der Waals surface area contributed by atoms with E-state index in [4.69, 9.17) is 4.74 Å². The second-order valence-electron chi connectivity index (χ2n) is 14.3. The van der Waals surface area contributed by atoms with Gasteiger partial charge in [0, 0.05) is 53.8 Å². The number of amides is 1. The number of benzene rings is 2.